The van der Waals surface area contributed by atoms with Crippen molar-refractivity contribution in [3.8, 4) is 0 Å². The summed E-state index contributed by atoms with van der Waals surface area (Å²) in [5, 5.41) is 3.39. The minimum absolute atomic E-state index is 0.166. The fourth-order valence-corrected chi connectivity index (χ4v) is 1.93. The van der Waals surface area contributed by atoms with Gasteiger partial charge in [0.05, 0.1) is 6.61 Å². The van der Waals surface area contributed by atoms with Crippen LogP contribution in [-0.2, 0) is 11.3 Å². The van der Waals surface area contributed by atoms with Crippen LogP contribution in [-0.4, -0.2) is 13.0 Å². The van der Waals surface area contributed by atoms with E-state index < -0.39 is 0 Å². The van der Waals surface area contributed by atoms with E-state index in [-0.39, 0.29) is 5.91 Å². The van der Waals surface area contributed by atoms with Gasteiger partial charge in [-0.15, -0.1) is 0 Å². The molecule has 0 aliphatic rings. The Labute approximate surface area is 117 Å². The van der Waals surface area contributed by atoms with Crippen LogP contribution in [0.5, 0.6) is 0 Å². The molecule has 2 rings (SSSR count). The number of rotatable bonds is 4. The Morgan fingerprint density at radius 1 is 1.21 bits per heavy atom. The lowest BCUT2D eigenvalue weighted by Gasteiger charge is -2.07. The van der Waals surface area contributed by atoms with Crippen molar-refractivity contribution in [2.45, 2.75) is 6.61 Å². The van der Waals surface area contributed by atoms with Crippen LogP contribution in [0, 0.1) is 0 Å². The highest BCUT2D eigenvalue weighted by atomic mass is 35.5. The quantitative estimate of drug-likeness (QED) is 0.923. The molecule has 2 aromatic carbocycles. The maximum absolute atomic E-state index is 12.1. The molecule has 3 nitrogen and oxygen atoms in total. The maximum Gasteiger partial charge on any atom is 0.255 e. The molecule has 0 spiro atoms. The highest BCUT2D eigenvalue weighted by Crippen LogP contribution is 2.16. The average Bonchev–Trinajstić information content (AvgIpc) is 2.39. The van der Waals surface area contributed by atoms with Crippen LogP contribution in [0.25, 0.3) is 0 Å². The van der Waals surface area contributed by atoms with E-state index in [1.165, 1.54) is 0 Å². The van der Waals surface area contributed by atoms with Crippen molar-refractivity contribution in [3.05, 3.63) is 64.7 Å². The molecule has 0 saturated carbocycles. The number of nitrogens with one attached hydrogen (secondary N) is 1. The fraction of sp³-hybridized carbons (Fsp3) is 0.133. The number of ether oxygens (including phenoxy) is 1. The summed E-state index contributed by atoms with van der Waals surface area (Å²) in [6.45, 7) is 0.484. The molecule has 1 amide bonds. The lowest BCUT2D eigenvalue weighted by atomic mass is 10.1. The molecule has 0 heterocycles. The highest BCUT2D eigenvalue weighted by molar-refractivity contribution is 6.30. The Balaban J connectivity index is 2.13. The maximum atomic E-state index is 12.1. The van der Waals surface area contributed by atoms with Crippen molar-refractivity contribution in [2.75, 3.05) is 12.4 Å². The van der Waals surface area contributed by atoms with Gasteiger partial charge in [0.25, 0.3) is 5.91 Å². The first kappa shape index (κ1) is 13.6. The monoisotopic (exact) mass is 275 g/mol. The van der Waals surface area contributed by atoms with Gasteiger partial charge < -0.3 is 10.1 Å². The second-order valence-corrected chi connectivity index (χ2v) is 4.53. The van der Waals surface area contributed by atoms with Gasteiger partial charge in [-0.05, 0) is 35.9 Å². The van der Waals surface area contributed by atoms with Gasteiger partial charge in [0.1, 0.15) is 0 Å². The van der Waals surface area contributed by atoms with Crippen LogP contribution in [0.2, 0.25) is 5.02 Å². The van der Waals surface area contributed by atoms with Gasteiger partial charge in [0, 0.05) is 23.4 Å². The summed E-state index contributed by atoms with van der Waals surface area (Å²) in [7, 11) is 1.62. The second kappa shape index (κ2) is 6.36. The first-order valence-corrected chi connectivity index (χ1v) is 6.21. The third kappa shape index (κ3) is 3.81. The zero-order valence-electron chi connectivity index (χ0n) is 10.5. The molecule has 0 radical (unpaired) electrons. The summed E-state index contributed by atoms with van der Waals surface area (Å²) in [4.78, 5) is 12.1. The molecule has 98 valence electrons. The van der Waals surface area contributed by atoms with Gasteiger partial charge in [-0.1, -0.05) is 29.8 Å². The smallest absolute Gasteiger partial charge is 0.255 e. The van der Waals surface area contributed by atoms with Crippen LogP contribution in [0.4, 0.5) is 5.69 Å². The Morgan fingerprint density at radius 3 is 2.74 bits per heavy atom. The molecule has 0 fully saturated rings. The third-order valence-electron chi connectivity index (χ3n) is 2.58. The SMILES string of the molecule is COCc1cccc(C(=O)Nc2cccc(Cl)c2)c1. The Kier molecular flexibility index (Phi) is 4.55. The molecule has 0 saturated heterocycles. The van der Waals surface area contributed by atoms with E-state index in [0.29, 0.717) is 22.9 Å². The largest absolute Gasteiger partial charge is 0.380 e. The van der Waals surface area contributed by atoms with Crippen LogP contribution in [0.3, 0.4) is 0 Å². The van der Waals surface area contributed by atoms with Gasteiger partial charge >= 0.3 is 0 Å². The molecule has 0 bridgehead atoms. The van der Waals surface area contributed by atoms with Crippen LogP contribution in [0.15, 0.2) is 48.5 Å². The lowest BCUT2D eigenvalue weighted by molar-refractivity contribution is 0.102. The Bertz CT molecular complexity index is 584. The van der Waals surface area contributed by atoms with Crippen molar-refractivity contribution in [1.82, 2.24) is 0 Å². The van der Waals surface area contributed by atoms with Gasteiger partial charge in [-0.2, -0.15) is 0 Å². The number of hydrogen-bond acceptors (Lipinski definition) is 2. The van der Waals surface area contributed by atoms with Crippen LogP contribution < -0.4 is 5.32 Å². The second-order valence-electron chi connectivity index (χ2n) is 4.10. The predicted octanol–water partition coefficient (Wildman–Crippen LogP) is 3.74. The number of carbonyl (C=O) groups is 1. The summed E-state index contributed by atoms with van der Waals surface area (Å²) >= 11 is 5.87. The van der Waals surface area contributed by atoms with Gasteiger partial charge in [-0.25, -0.2) is 0 Å². The van der Waals surface area contributed by atoms with E-state index in [4.69, 9.17) is 16.3 Å². The number of methoxy groups -OCH3 is 1. The van der Waals surface area contributed by atoms with Crippen molar-refractivity contribution in [1.29, 1.82) is 0 Å². The van der Waals surface area contributed by atoms with Crippen LogP contribution in [0.1, 0.15) is 15.9 Å². The van der Waals surface area contributed by atoms with E-state index >= 15 is 0 Å². The summed E-state index contributed by atoms with van der Waals surface area (Å²) in [5.41, 5.74) is 2.23. The van der Waals surface area contributed by atoms with E-state index in [9.17, 15) is 4.79 Å². The number of halogens is 1. The molecule has 1 N–H and O–H groups in total. The molecule has 4 heteroatoms. The van der Waals surface area contributed by atoms with Gasteiger partial charge in [0.2, 0.25) is 0 Å². The highest BCUT2D eigenvalue weighted by Gasteiger charge is 2.07. The lowest BCUT2D eigenvalue weighted by Crippen LogP contribution is -2.12. The molecular weight excluding hydrogens is 262 g/mol. The number of hydrogen-bond donors (Lipinski definition) is 1. The first-order valence-electron chi connectivity index (χ1n) is 5.84. The molecule has 0 aliphatic heterocycles. The molecule has 0 atom stereocenters. The number of benzene rings is 2. The first-order chi connectivity index (χ1) is 9.19. The molecular formula is C15H14ClNO2. The molecule has 19 heavy (non-hydrogen) atoms. The van der Waals surface area contributed by atoms with Crippen molar-refractivity contribution in [2.24, 2.45) is 0 Å². The molecule has 0 aromatic heterocycles. The minimum Gasteiger partial charge on any atom is -0.380 e. The normalized spacial score (nSPS) is 10.2. The average molecular weight is 276 g/mol. The standard InChI is InChI=1S/C15H14ClNO2/c1-19-10-11-4-2-5-12(8-11)15(18)17-14-7-3-6-13(16)9-14/h2-9H,10H2,1H3,(H,17,18). The topological polar surface area (TPSA) is 38.3 Å². The van der Waals surface area contributed by atoms with Gasteiger partial charge in [0.15, 0.2) is 0 Å². The summed E-state index contributed by atoms with van der Waals surface area (Å²) in [5.74, 6) is -0.166. The van der Waals surface area contributed by atoms with Gasteiger partial charge in [-0.3, -0.25) is 4.79 Å². The fourth-order valence-electron chi connectivity index (χ4n) is 1.74. The van der Waals surface area contributed by atoms with Crippen molar-refractivity contribution < 1.29 is 9.53 Å². The van der Waals surface area contributed by atoms with E-state index in [0.717, 1.165) is 5.56 Å². The zero-order valence-corrected chi connectivity index (χ0v) is 11.3. The van der Waals surface area contributed by atoms with Crippen molar-refractivity contribution >= 4 is 23.2 Å². The van der Waals surface area contributed by atoms with E-state index in [1.807, 2.05) is 18.2 Å². The predicted molar refractivity (Wildman–Crippen MR) is 76.6 cm³/mol. The Hall–Kier alpha value is -1.84. The molecule has 0 unspecified atom stereocenters. The summed E-state index contributed by atoms with van der Waals surface area (Å²) < 4.78 is 5.05. The number of carbonyl (C=O) groups excluding carboxylic acids is 1. The van der Waals surface area contributed by atoms with Crippen molar-refractivity contribution in [3.63, 3.8) is 0 Å². The number of amides is 1. The number of anilines is 1. The van der Waals surface area contributed by atoms with E-state index in [1.54, 1.807) is 37.4 Å². The Morgan fingerprint density at radius 2 is 2.00 bits per heavy atom. The summed E-state index contributed by atoms with van der Waals surface area (Å²) in [6.07, 6.45) is 0. The van der Waals surface area contributed by atoms with Crippen LogP contribution >= 0.6 is 11.6 Å². The van der Waals surface area contributed by atoms with E-state index in [2.05, 4.69) is 5.32 Å². The third-order valence-corrected chi connectivity index (χ3v) is 2.82. The molecule has 0 aliphatic carbocycles. The zero-order chi connectivity index (χ0) is 13.7. The summed E-state index contributed by atoms with van der Waals surface area (Å²) in [6, 6.07) is 14.4. The minimum atomic E-state index is -0.166. The molecule has 2 aromatic rings.